The summed E-state index contributed by atoms with van der Waals surface area (Å²) in [4.78, 5) is 9.02. The number of aromatic nitrogens is 2. The first-order chi connectivity index (χ1) is 10.3. The molecule has 0 amide bonds. The minimum absolute atomic E-state index is 0.887. The topological polar surface area (TPSA) is 25.8 Å². The van der Waals surface area contributed by atoms with Crippen LogP contribution in [0, 0.1) is 9.64 Å². The molecular weight excluding hydrogens is 578 g/mol. The average molecular weight is 588 g/mol. The van der Waals surface area contributed by atoms with Crippen molar-refractivity contribution in [1.82, 2.24) is 9.97 Å². The van der Waals surface area contributed by atoms with Gasteiger partial charge in [-0.2, -0.15) is 0 Å². The van der Waals surface area contributed by atoms with Crippen molar-refractivity contribution in [1.29, 1.82) is 0 Å². The average Bonchev–Trinajstić information content (AvgIpc) is 2.58. The zero-order valence-electron chi connectivity index (χ0n) is 10.7. The van der Waals surface area contributed by atoms with E-state index < -0.39 is 0 Å². The number of pyridine rings is 2. The van der Waals surface area contributed by atoms with Gasteiger partial charge < -0.3 is 0 Å². The van der Waals surface area contributed by atoms with Crippen molar-refractivity contribution >= 4 is 32.0 Å². The molecule has 0 unspecified atom stereocenters. The van der Waals surface area contributed by atoms with Crippen molar-refractivity contribution in [2.75, 3.05) is 0 Å². The number of halogens is 2. The molecule has 0 fully saturated rings. The summed E-state index contributed by atoms with van der Waals surface area (Å²) >= 11 is 3.91. The molecule has 0 bridgehead atoms. The van der Waals surface area contributed by atoms with Gasteiger partial charge >= 0.3 is 28.2 Å². The number of benzene rings is 1. The van der Waals surface area contributed by atoms with Crippen molar-refractivity contribution in [3.8, 4) is 22.6 Å². The molecule has 0 saturated carbocycles. The van der Waals surface area contributed by atoms with Gasteiger partial charge in [-0.3, -0.25) is 9.97 Å². The van der Waals surface area contributed by atoms with Crippen LogP contribution in [0.2, 0.25) is 0 Å². The zero-order chi connectivity index (χ0) is 15.1. The first-order valence-electron chi connectivity index (χ1n) is 6.01. The number of hydrogen-bond acceptors (Lipinski definition) is 2. The maximum absolute atomic E-state index is 4.68. The van der Waals surface area contributed by atoms with Gasteiger partial charge in [-0.1, -0.05) is 12.1 Å². The molecule has 3 rings (SSSR count). The monoisotopic (exact) mass is 587 g/mol. The van der Waals surface area contributed by atoms with Crippen LogP contribution in [0.5, 0.6) is 0 Å². The molecule has 5 heteroatoms. The molecular formula is C16H10ClIN2Pt. The van der Waals surface area contributed by atoms with Gasteiger partial charge in [0.1, 0.15) is 0 Å². The number of nitrogens with zero attached hydrogens (tertiary/aromatic N) is 2. The second kappa shape index (κ2) is 8.62. The first kappa shape index (κ1) is 16.6. The normalized spacial score (nSPS) is 9.71. The molecule has 0 N–H and O–H groups in total. The Morgan fingerprint density at radius 3 is 2.38 bits per heavy atom. The van der Waals surface area contributed by atoms with Gasteiger partial charge in [-0.15, -0.1) is 35.9 Å². The Morgan fingerprint density at radius 2 is 1.71 bits per heavy atom. The molecule has 1 aromatic carbocycles. The van der Waals surface area contributed by atoms with Crippen LogP contribution in [0.25, 0.3) is 22.6 Å². The molecule has 0 saturated heterocycles. The van der Waals surface area contributed by atoms with Crippen molar-refractivity contribution in [2.24, 2.45) is 0 Å². The van der Waals surface area contributed by atoms with Gasteiger partial charge in [-0.25, -0.2) is 0 Å². The van der Waals surface area contributed by atoms with Gasteiger partial charge in [0.2, 0.25) is 0 Å². The Hall–Kier alpha value is -0.772. The summed E-state index contributed by atoms with van der Waals surface area (Å²) in [5.74, 6) is 0. The predicted molar refractivity (Wildman–Crippen MR) is 90.3 cm³/mol. The Bertz CT molecular complexity index is 635. The summed E-state index contributed by atoms with van der Waals surface area (Å²) < 4.78 is 1.14. The van der Waals surface area contributed by atoms with Crippen LogP contribution in [-0.4, -0.2) is 9.97 Å². The Balaban J connectivity index is 0.000000774. The van der Waals surface area contributed by atoms with Crippen LogP contribution in [-0.2, 0) is 18.8 Å². The van der Waals surface area contributed by atoms with Gasteiger partial charge in [0, 0.05) is 9.77 Å². The van der Waals surface area contributed by atoms with Gasteiger partial charge in [-0.05, 0) is 46.5 Å². The van der Waals surface area contributed by atoms with Crippen LogP contribution in [0.1, 0.15) is 0 Å². The molecule has 0 radical (unpaired) electrons. The molecule has 2 aromatic heterocycles. The Labute approximate surface area is 153 Å². The molecule has 0 spiro atoms. The zero-order valence-corrected chi connectivity index (χ0v) is 15.9. The van der Waals surface area contributed by atoms with E-state index in [0.29, 0.717) is 0 Å². The predicted octanol–water partition coefficient (Wildman–Crippen LogP) is 4.90. The van der Waals surface area contributed by atoms with Crippen LogP contribution in [0.4, 0.5) is 0 Å². The fraction of sp³-hybridized carbons (Fsp3) is 0. The van der Waals surface area contributed by atoms with E-state index in [0.717, 1.165) is 26.2 Å². The summed E-state index contributed by atoms with van der Waals surface area (Å²) in [5.41, 5.74) is 3.70. The third-order valence-electron chi connectivity index (χ3n) is 2.70. The molecule has 3 aromatic rings. The number of hydrogen-bond donors (Lipinski definition) is 0. The molecule has 2 heterocycles. The second-order valence-electron chi connectivity index (χ2n) is 4.05. The van der Waals surface area contributed by atoms with E-state index in [4.69, 9.17) is 0 Å². The van der Waals surface area contributed by atoms with Crippen molar-refractivity contribution < 1.29 is 18.8 Å². The van der Waals surface area contributed by atoms with Crippen molar-refractivity contribution in [2.45, 2.75) is 0 Å². The molecule has 0 aliphatic heterocycles. The Morgan fingerprint density at radius 1 is 0.952 bits per heavy atom. The van der Waals surface area contributed by atoms with Crippen LogP contribution in [0.15, 0.2) is 60.8 Å². The summed E-state index contributed by atoms with van der Waals surface area (Å²) in [7, 11) is 4.61. The SMILES string of the molecule is Ic1cc(-c2[c-]cccc2)nc(-c2ccccn2)c1.[Cl][Pt+]. The molecule has 0 aliphatic carbocycles. The van der Waals surface area contributed by atoms with Crippen LogP contribution in [0.3, 0.4) is 0 Å². The third kappa shape index (κ3) is 4.60. The van der Waals surface area contributed by atoms with Crippen molar-refractivity contribution in [3.63, 3.8) is 0 Å². The Kier molecular flexibility index (Phi) is 6.81. The fourth-order valence-electron chi connectivity index (χ4n) is 1.83. The van der Waals surface area contributed by atoms with Gasteiger partial charge in [0.25, 0.3) is 0 Å². The quantitative estimate of drug-likeness (QED) is 0.315. The van der Waals surface area contributed by atoms with E-state index in [9.17, 15) is 0 Å². The van der Waals surface area contributed by atoms with Crippen molar-refractivity contribution in [3.05, 3.63) is 70.4 Å². The summed E-state index contributed by atoms with van der Waals surface area (Å²) in [6.45, 7) is 0. The van der Waals surface area contributed by atoms with E-state index in [2.05, 4.69) is 54.1 Å². The van der Waals surface area contributed by atoms with E-state index >= 15 is 0 Å². The van der Waals surface area contributed by atoms with E-state index in [-0.39, 0.29) is 0 Å². The standard InChI is InChI=1S/C16H10IN2.ClH.Pt/c17-13-10-15(12-6-2-1-3-7-12)19-16(11-13)14-8-4-5-9-18-14;;/h1-6,8-11H;1H;/q-1;;+2/p-1. The molecule has 108 valence electrons. The molecule has 0 atom stereocenters. The minimum atomic E-state index is 0.887. The van der Waals surface area contributed by atoms with Gasteiger partial charge in [0.05, 0.1) is 11.4 Å². The summed E-state index contributed by atoms with van der Waals surface area (Å²) in [6, 6.07) is 21.0. The van der Waals surface area contributed by atoms with Crippen LogP contribution < -0.4 is 0 Å². The van der Waals surface area contributed by atoms with Gasteiger partial charge in [0.15, 0.2) is 0 Å². The van der Waals surface area contributed by atoms with E-state index in [1.807, 2.05) is 48.5 Å². The summed E-state index contributed by atoms with van der Waals surface area (Å²) in [6.07, 6.45) is 1.78. The second-order valence-corrected chi connectivity index (χ2v) is 5.29. The molecule has 0 aliphatic rings. The number of rotatable bonds is 2. The van der Waals surface area contributed by atoms with Crippen LogP contribution >= 0.6 is 32.0 Å². The first-order valence-corrected chi connectivity index (χ1v) is 9.90. The molecule has 21 heavy (non-hydrogen) atoms. The fourth-order valence-corrected chi connectivity index (χ4v) is 2.42. The van der Waals surface area contributed by atoms with E-state index in [1.165, 1.54) is 0 Å². The van der Waals surface area contributed by atoms with E-state index in [1.54, 1.807) is 25.0 Å². The molecule has 2 nitrogen and oxygen atoms in total. The summed E-state index contributed by atoms with van der Waals surface area (Å²) in [5, 5.41) is 0. The maximum atomic E-state index is 4.68. The third-order valence-corrected chi connectivity index (χ3v) is 3.33.